The van der Waals surface area contributed by atoms with Gasteiger partial charge in [0.25, 0.3) is 5.91 Å². The fourth-order valence-corrected chi connectivity index (χ4v) is 5.39. The molecule has 0 atom stereocenters. The van der Waals surface area contributed by atoms with Gasteiger partial charge in [-0.2, -0.15) is 0 Å². The smallest absolute Gasteiger partial charge is 0.258 e. The van der Waals surface area contributed by atoms with Gasteiger partial charge in [-0.1, -0.05) is 18.9 Å². The summed E-state index contributed by atoms with van der Waals surface area (Å²) in [4.78, 5) is 28.7. The summed E-state index contributed by atoms with van der Waals surface area (Å²) in [5.41, 5.74) is 3.73. The number of anilines is 2. The maximum atomic E-state index is 14.7. The number of fused-ring (bicyclic) bond motifs is 3. The molecule has 2 aliphatic heterocycles. The Morgan fingerprint density at radius 1 is 1.04 bits per heavy atom. The van der Waals surface area contributed by atoms with Crippen molar-refractivity contribution in [2.24, 2.45) is 0 Å². The van der Waals surface area contributed by atoms with E-state index in [1.54, 1.807) is 28.9 Å². The zero-order chi connectivity index (χ0) is 19.5. The van der Waals surface area contributed by atoms with Crippen molar-refractivity contribution in [2.45, 2.75) is 44.4 Å². The van der Waals surface area contributed by atoms with Gasteiger partial charge in [0.1, 0.15) is 5.82 Å². The van der Waals surface area contributed by atoms with Crippen LogP contribution in [-0.4, -0.2) is 24.9 Å². The number of carbonyl (C=O) groups is 2. The number of hydrogen-bond donors (Lipinski definition) is 0. The molecule has 4 nitrogen and oxygen atoms in total. The SMILES string of the molecule is CC(=O)N1CCc2cc(C(=O)N3CC4(CCCC4)c4c(F)cccc43)ccc21. The van der Waals surface area contributed by atoms with Gasteiger partial charge < -0.3 is 9.80 Å². The number of nitrogens with zero attached hydrogens (tertiary/aromatic N) is 2. The number of carbonyl (C=O) groups excluding carboxylic acids is 2. The fraction of sp³-hybridized carbons (Fsp3) is 0.391. The summed E-state index contributed by atoms with van der Waals surface area (Å²) in [6, 6.07) is 10.6. The van der Waals surface area contributed by atoms with E-state index in [2.05, 4.69) is 0 Å². The van der Waals surface area contributed by atoms with E-state index in [1.165, 1.54) is 6.07 Å². The lowest BCUT2D eigenvalue weighted by Crippen LogP contribution is -2.35. The van der Waals surface area contributed by atoms with Crippen molar-refractivity contribution >= 4 is 23.2 Å². The largest absolute Gasteiger partial charge is 0.312 e. The van der Waals surface area contributed by atoms with Crippen LogP contribution in [0.2, 0.25) is 0 Å². The van der Waals surface area contributed by atoms with Crippen LogP contribution in [0.25, 0.3) is 0 Å². The van der Waals surface area contributed by atoms with E-state index >= 15 is 0 Å². The van der Waals surface area contributed by atoms with Gasteiger partial charge in [-0.25, -0.2) is 4.39 Å². The first-order valence-electron chi connectivity index (χ1n) is 10.0. The van der Waals surface area contributed by atoms with E-state index in [-0.39, 0.29) is 23.0 Å². The maximum absolute atomic E-state index is 14.7. The quantitative estimate of drug-likeness (QED) is 0.746. The van der Waals surface area contributed by atoms with Crippen LogP contribution in [0.1, 0.15) is 54.1 Å². The Balaban J connectivity index is 1.52. The summed E-state index contributed by atoms with van der Waals surface area (Å²) in [5, 5.41) is 0. The van der Waals surface area contributed by atoms with Crippen LogP contribution >= 0.6 is 0 Å². The van der Waals surface area contributed by atoms with Crippen molar-refractivity contribution in [1.82, 2.24) is 0 Å². The molecule has 144 valence electrons. The minimum Gasteiger partial charge on any atom is -0.312 e. The van der Waals surface area contributed by atoms with E-state index in [0.29, 0.717) is 18.7 Å². The topological polar surface area (TPSA) is 40.6 Å². The predicted octanol–water partition coefficient (Wildman–Crippen LogP) is 4.21. The number of hydrogen-bond acceptors (Lipinski definition) is 2. The fourth-order valence-electron chi connectivity index (χ4n) is 5.39. The molecule has 0 unspecified atom stereocenters. The van der Waals surface area contributed by atoms with E-state index in [9.17, 15) is 14.0 Å². The molecule has 2 aromatic carbocycles. The molecule has 1 spiro atoms. The zero-order valence-electron chi connectivity index (χ0n) is 16.0. The summed E-state index contributed by atoms with van der Waals surface area (Å²) in [7, 11) is 0. The molecule has 0 radical (unpaired) electrons. The van der Waals surface area contributed by atoms with Gasteiger partial charge >= 0.3 is 0 Å². The van der Waals surface area contributed by atoms with Gasteiger partial charge in [0.2, 0.25) is 5.91 Å². The predicted molar refractivity (Wildman–Crippen MR) is 106 cm³/mol. The molecule has 28 heavy (non-hydrogen) atoms. The first kappa shape index (κ1) is 17.4. The highest BCUT2D eigenvalue weighted by atomic mass is 19.1. The van der Waals surface area contributed by atoms with Crippen molar-refractivity contribution < 1.29 is 14.0 Å². The number of rotatable bonds is 1. The first-order chi connectivity index (χ1) is 13.5. The highest BCUT2D eigenvalue weighted by Crippen LogP contribution is 2.51. The molecule has 3 aliphatic rings. The third kappa shape index (κ3) is 2.42. The van der Waals surface area contributed by atoms with Gasteiger partial charge in [-0.3, -0.25) is 9.59 Å². The van der Waals surface area contributed by atoms with Crippen molar-refractivity contribution in [1.29, 1.82) is 0 Å². The molecule has 0 aromatic heterocycles. The summed E-state index contributed by atoms with van der Waals surface area (Å²) in [5.74, 6) is -0.259. The van der Waals surface area contributed by atoms with Crippen LogP contribution in [0.15, 0.2) is 36.4 Å². The van der Waals surface area contributed by atoms with Crippen molar-refractivity contribution in [3.63, 3.8) is 0 Å². The van der Waals surface area contributed by atoms with Crippen LogP contribution in [0.3, 0.4) is 0 Å². The normalized spacial score (nSPS) is 19.2. The summed E-state index contributed by atoms with van der Waals surface area (Å²) < 4.78 is 14.7. The van der Waals surface area contributed by atoms with Crippen LogP contribution in [-0.2, 0) is 16.6 Å². The second kappa shape index (κ2) is 6.16. The Hall–Kier alpha value is -2.69. The minimum atomic E-state index is -0.238. The van der Waals surface area contributed by atoms with E-state index in [1.807, 2.05) is 18.2 Å². The van der Waals surface area contributed by atoms with E-state index in [0.717, 1.165) is 54.6 Å². The number of halogens is 1. The molecule has 1 aliphatic carbocycles. The highest BCUT2D eigenvalue weighted by Gasteiger charge is 2.48. The molecule has 0 N–H and O–H groups in total. The molecular formula is C23H23FN2O2. The molecule has 0 saturated heterocycles. The standard InChI is InChI=1S/C23H23FN2O2/c1-15(27)25-12-9-16-13-17(7-8-19(16)25)22(28)26-14-23(10-2-3-11-23)21-18(24)5-4-6-20(21)26/h4-8,13H,2-3,9-12,14H2,1H3. The van der Waals surface area contributed by atoms with Gasteiger partial charge in [-0.05, 0) is 55.2 Å². The first-order valence-corrected chi connectivity index (χ1v) is 10.0. The summed E-state index contributed by atoms with van der Waals surface area (Å²) >= 11 is 0. The lowest BCUT2D eigenvalue weighted by atomic mass is 9.80. The Kier molecular flexibility index (Phi) is 3.83. The molecule has 0 bridgehead atoms. The molecular weight excluding hydrogens is 355 g/mol. The van der Waals surface area contributed by atoms with Gasteiger partial charge in [0, 0.05) is 42.2 Å². The van der Waals surface area contributed by atoms with Gasteiger partial charge in [0.15, 0.2) is 0 Å². The van der Waals surface area contributed by atoms with Crippen molar-refractivity contribution in [3.8, 4) is 0 Å². The maximum Gasteiger partial charge on any atom is 0.258 e. The molecule has 1 fully saturated rings. The van der Waals surface area contributed by atoms with Crippen LogP contribution in [0, 0.1) is 5.82 Å². The molecule has 2 amide bonds. The lowest BCUT2D eigenvalue weighted by molar-refractivity contribution is -0.116. The van der Waals surface area contributed by atoms with Crippen molar-refractivity contribution in [2.75, 3.05) is 22.9 Å². The average molecular weight is 378 g/mol. The average Bonchev–Trinajstić information content (AvgIpc) is 3.39. The third-order valence-corrected chi connectivity index (χ3v) is 6.68. The lowest BCUT2D eigenvalue weighted by Gasteiger charge is -2.25. The molecule has 2 aromatic rings. The zero-order valence-corrected chi connectivity index (χ0v) is 16.0. The monoisotopic (exact) mass is 378 g/mol. The van der Waals surface area contributed by atoms with Crippen LogP contribution in [0.5, 0.6) is 0 Å². The molecule has 5 rings (SSSR count). The number of amides is 2. The minimum absolute atomic E-state index is 0.0185. The van der Waals surface area contributed by atoms with E-state index < -0.39 is 0 Å². The van der Waals surface area contributed by atoms with Crippen LogP contribution < -0.4 is 9.80 Å². The Morgan fingerprint density at radius 3 is 2.57 bits per heavy atom. The Labute approximate surface area is 163 Å². The Morgan fingerprint density at radius 2 is 1.82 bits per heavy atom. The third-order valence-electron chi connectivity index (χ3n) is 6.68. The number of benzene rings is 2. The summed E-state index contributed by atoms with van der Waals surface area (Å²) in [6.45, 7) is 2.77. The molecule has 5 heteroatoms. The van der Waals surface area contributed by atoms with Crippen molar-refractivity contribution in [3.05, 3.63) is 58.9 Å². The molecule has 1 saturated carbocycles. The molecule has 2 heterocycles. The second-order valence-electron chi connectivity index (χ2n) is 8.28. The second-order valence-corrected chi connectivity index (χ2v) is 8.28. The van der Waals surface area contributed by atoms with Gasteiger partial charge in [-0.15, -0.1) is 0 Å². The summed E-state index contributed by atoms with van der Waals surface area (Å²) in [6.07, 6.45) is 4.78. The van der Waals surface area contributed by atoms with Crippen LogP contribution in [0.4, 0.5) is 15.8 Å². The Bertz CT molecular complexity index is 994. The highest BCUT2D eigenvalue weighted by molar-refractivity contribution is 6.08. The van der Waals surface area contributed by atoms with Gasteiger partial charge in [0.05, 0.1) is 5.69 Å². The van der Waals surface area contributed by atoms with E-state index in [4.69, 9.17) is 0 Å².